The number of Topliss-reactive ketones (excluding diaryl/α,β-unsaturated/α-hetero) is 1. The third-order valence-electron chi connectivity index (χ3n) is 3.21. The Morgan fingerprint density at radius 3 is 2.62 bits per heavy atom. The van der Waals surface area contributed by atoms with Crippen LogP contribution >= 0.6 is 0 Å². The molecule has 0 radical (unpaired) electrons. The van der Waals surface area contributed by atoms with Crippen molar-refractivity contribution >= 4 is 11.9 Å². The minimum atomic E-state index is -0.156. The molecule has 2 aromatic carbocycles. The Labute approximate surface area is 121 Å². The zero-order chi connectivity index (χ0) is 14.8. The molecule has 0 fully saturated rings. The third-order valence-corrected chi connectivity index (χ3v) is 3.21. The maximum Gasteiger partial charge on any atom is 0.231 e. The SMILES string of the molecule is COc1ccc2c(c1)OC(=Cc1ccc(C#N)cc1)C2=O. The molecule has 0 spiro atoms. The van der Waals surface area contributed by atoms with Gasteiger partial charge in [0.25, 0.3) is 0 Å². The highest BCUT2D eigenvalue weighted by Crippen LogP contribution is 2.34. The van der Waals surface area contributed by atoms with Gasteiger partial charge in [-0.05, 0) is 35.9 Å². The number of ether oxygens (including phenoxy) is 2. The normalized spacial score (nSPS) is 14.5. The number of carbonyl (C=O) groups excluding carboxylic acids is 1. The second-order valence-corrected chi connectivity index (χ2v) is 4.54. The van der Waals surface area contributed by atoms with Crippen molar-refractivity contribution in [2.75, 3.05) is 7.11 Å². The minimum absolute atomic E-state index is 0.156. The number of rotatable bonds is 2. The molecule has 0 amide bonds. The highest BCUT2D eigenvalue weighted by molar-refractivity contribution is 6.14. The highest BCUT2D eigenvalue weighted by Gasteiger charge is 2.27. The van der Waals surface area contributed by atoms with Crippen LogP contribution in [0.1, 0.15) is 21.5 Å². The molecule has 102 valence electrons. The third kappa shape index (κ3) is 2.37. The Bertz CT molecular complexity index is 783. The van der Waals surface area contributed by atoms with Crippen LogP contribution in [0.4, 0.5) is 0 Å². The van der Waals surface area contributed by atoms with Crippen molar-refractivity contribution in [3.63, 3.8) is 0 Å². The summed E-state index contributed by atoms with van der Waals surface area (Å²) in [5, 5.41) is 8.77. The molecular formula is C17H11NO3. The Hall–Kier alpha value is -3.06. The topological polar surface area (TPSA) is 59.3 Å². The molecule has 1 aliphatic heterocycles. The standard InChI is InChI=1S/C17H11NO3/c1-20-13-6-7-14-15(9-13)21-16(17(14)19)8-11-2-4-12(10-18)5-3-11/h2-9H,1H3. The fourth-order valence-corrected chi connectivity index (χ4v) is 2.10. The van der Waals surface area contributed by atoms with E-state index in [9.17, 15) is 4.79 Å². The van der Waals surface area contributed by atoms with Crippen LogP contribution in [0.15, 0.2) is 48.2 Å². The lowest BCUT2D eigenvalue weighted by atomic mass is 10.1. The second-order valence-electron chi connectivity index (χ2n) is 4.54. The van der Waals surface area contributed by atoms with E-state index in [-0.39, 0.29) is 11.5 Å². The lowest BCUT2D eigenvalue weighted by Crippen LogP contribution is -1.97. The first-order valence-corrected chi connectivity index (χ1v) is 6.34. The van der Waals surface area contributed by atoms with E-state index in [0.29, 0.717) is 22.6 Å². The van der Waals surface area contributed by atoms with Crippen molar-refractivity contribution in [3.8, 4) is 17.6 Å². The summed E-state index contributed by atoms with van der Waals surface area (Å²) in [5.41, 5.74) is 1.90. The number of fused-ring (bicyclic) bond motifs is 1. The predicted molar refractivity (Wildman–Crippen MR) is 77.1 cm³/mol. The van der Waals surface area contributed by atoms with Crippen LogP contribution in [0.3, 0.4) is 0 Å². The number of ketones is 1. The Balaban J connectivity index is 1.93. The molecule has 0 N–H and O–H groups in total. The van der Waals surface area contributed by atoms with Gasteiger partial charge in [0.05, 0.1) is 24.3 Å². The quantitative estimate of drug-likeness (QED) is 0.791. The summed E-state index contributed by atoms with van der Waals surface area (Å²) >= 11 is 0. The molecule has 2 aromatic rings. The molecule has 0 bridgehead atoms. The first-order chi connectivity index (χ1) is 10.2. The number of nitriles is 1. The van der Waals surface area contributed by atoms with Gasteiger partial charge in [-0.1, -0.05) is 12.1 Å². The van der Waals surface area contributed by atoms with Crippen LogP contribution in [0.25, 0.3) is 6.08 Å². The number of hydrogen-bond donors (Lipinski definition) is 0. The molecule has 1 heterocycles. The average Bonchev–Trinajstić information content (AvgIpc) is 2.83. The maximum atomic E-state index is 12.2. The zero-order valence-electron chi connectivity index (χ0n) is 11.3. The summed E-state index contributed by atoms with van der Waals surface area (Å²) in [6, 6.07) is 14.1. The molecule has 0 atom stereocenters. The molecule has 1 aliphatic rings. The van der Waals surface area contributed by atoms with E-state index in [4.69, 9.17) is 14.7 Å². The van der Waals surface area contributed by atoms with Crippen LogP contribution in [-0.2, 0) is 0 Å². The van der Waals surface area contributed by atoms with Crippen molar-refractivity contribution in [1.29, 1.82) is 5.26 Å². The molecule has 0 aliphatic carbocycles. The molecule has 0 saturated carbocycles. The average molecular weight is 277 g/mol. The Morgan fingerprint density at radius 1 is 1.19 bits per heavy atom. The molecule has 3 rings (SSSR count). The van der Waals surface area contributed by atoms with Gasteiger partial charge in [0.15, 0.2) is 5.76 Å². The Kier molecular flexibility index (Phi) is 3.17. The fraction of sp³-hybridized carbons (Fsp3) is 0.0588. The van der Waals surface area contributed by atoms with Crippen LogP contribution in [0.5, 0.6) is 11.5 Å². The van der Waals surface area contributed by atoms with E-state index >= 15 is 0 Å². The van der Waals surface area contributed by atoms with E-state index in [1.54, 1.807) is 55.7 Å². The molecule has 4 heteroatoms. The van der Waals surface area contributed by atoms with E-state index in [0.717, 1.165) is 5.56 Å². The molecule has 0 unspecified atom stereocenters. The summed E-state index contributed by atoms with van der Waals surface area (Å²) < 4.78 is 10.7. The van der Waals surface area contributed by atoms with Gasteiger partial charge in [-0.2, -0.15) is 5.26 Å². The van der Waals surface area contributed by atoms with Crippen LogP contribution in [-0.4, -0.2) is 12.9 Å². The van der Waals surface area contributed by atoms with Crippen LogP contribution in [0.2, 0.25) is 0 Å². The number of methoxy groups -OCH3 is 1. The number of hydrogen-bond acceptors (Lipinski definition) is 4. The van der Waals surface area contributed by atoms with Gasteiger partial charge < -0.3 is 9.47 Å². The number of nitrogens with zero attached hydrogens (tertiary/aromatic N) is 1. The predicted octanol–water partition coefficient (Wildman–Crippen LogP) is 3.18. The summed E-state index contributed by atoms with van der Waals surface area (Å²) in [5.74, 6) is 1.25. The van der Waals surface area contributed by atoms with Crippen LogP contribution < -0.4 is 9.47 Å². The van der Waals surface area contributed by atoms with Gasteiger partial charge in [0.2, 0.25) is 5.78 Å². The lowest BCUT2D eigenvalue weighted by Gasteiger charge is -2.01. The van der Waals surface area contributed by atoms with Gasteiger partial charge in [0, 0.05) is 6.07 Å². The van der Waals surface area contributed by atoms with E-state index in [1.165, 1.54) is 0 Å². The van der Waals surface area contributed by atoms with Gasteiger partial charge in [-0.3, -0.25) is 4.79 Å². The number of benzene rings is 2. The van der Waals surface area contributed by atoms with E-state index < -0.39 is 0 Å². The summed E-state index contributed by atoms with van der Waals surface area (Å²) in [4.78, 5) is 12.2. The second kappa shape index (κ2) is 5.14. The summed E-state index contributed by atoms with van der Waals surface area (Å²) in [7, 11) is 1.56. The molecule has 4 nitrogen and oxygen atoms in total. The minimum Gasteiger partial charge on any atom is -0.497 e. The summed E-state index contributed by atoms with van der Waals surface area (Å²) in [6.07, 6.45) is 1.66. The fourth-order valence-electron chi connectivity index (χ4n) is 2.10. The van der Waals surface area contributed by atoms with E-state index in [1.807, 2.05) is 0 Å². The first-order valence-electron chi connectivity index (χ1n) is 6.34. The Morgan fingerprint density at radius 2 is 1.95 bits per heavy atom. The van der Waals surface area contributed by atoms with Crippen LogP contribution in [0, 0.1) is 11.3 Å². The van der Waals surface area contributed by atoms with Gasteiger partial charge >= 0.3 is 0 Å². The maximum absolute atomic E-state index is 12.2. The van der Waals surface area contributed by atoms with Crippen molar-refractivity contribution in [2.45, 2.75) is 0 Å². The number of allylic oxidation sites excluding steroid dienone is 1. The first kappa shape index (κ1) is 12.9. The largest absolute Gasteiger partial charge is 0.497 e. The monoisotopic (exact) mass is 277 g/mol. The summed E-state index contributed by atoms with van der Waals surface area (Å²) in [6.45, 7) is 0. The van der Waals surface area contributed by atoms with Crippen molar-refractivity contribution < 1.29 is 14.3 Å². The molecule has 0 aromatic heterocycles. The molecule has 0 saturated heterocycles. The highest BCUT2D eigenvalue weighted by atomic mass is 16.5. The molecule has 21 heavy (non-hydrogen) atoms. The van der Waals surface area contributed by atoms with Crippen molar-refractivity contribution in [2.24, 2.45) is 0 Å². The molecular weight excluding hydrogens is 266 g/mol. The zero-order valence-corrected chi connectivity index (χ0v) is 11.3. The number of carbonyl (C=O) groups is 1. The lowest BCUT2D eigenvalue weighted by molar-refractivity contribution is 0.101. The smallest absolute Gasteiger partial charge is 0.231 e. The van der Waals surface area contributed by atoms with E-state index in [2.05, 4.69) is 6.07 Å². The van der Waals surface area contributed by atoms with Crippen molar-refractivity contribution in [1.82, 2.24) is 0 Å². The van der Waals surface area contributed by atoms with Crippen molar-refractivity contribution in [3.05, 3.63) is 64.9 Å². The van der Waals surface area contributed by atoms with Gasteiger partial charge in [-0.25, -0.2) is 0 Å². The van der Waals surface area contributed by atoms with Gasteiger partial charge in [0.1, 0.15) is 11.5 Å². The van der Waals surface area contributed by atoms with Gasteiger partial charge in [-0.15, -0.1) is 0 Å².